The average Bonchev–Trinajstić information content (AvgIpc) is 3.14. The Balaban J connectivity index is 1.59. The van der Waals surface area contributed by atoms with Crippen LogP contribution in [-0.2, 0) is 4.74 Å². The number of ether oxygens (including phenoxy) is 2. The van der Waals surface area contributed by atoms with Gasteiger partial charge in [0.2, 0.25) is 0 Å². The third-order valence-electron chi connectivity index (χ3n) is 4.39. The highest BCUT2D eigenvalue weighted by atomic mass is 16.5. The van der Waals surface area contributed by atoms with Gasteiger partial charge in [0.1, 0.15) is 12.4 Å². The highest BCUT2D eigenvalue weighted by Gasteiger charge is 2.16. The van der Waals surface area contributed by atoms with Crippen LogP contribution in [0, 0.1) is 0 Å². The van der Waals surface area contributed by atoms with Crippen molar-refractivity contribution in [3.63, 3.8) is 0 Å². The van der Waals surface area contributed by atoms with E-state index in [0.717, 1.165) is 30.9 Å². The van der Waals surface area contributed by atoms with Crippen molar-refractivity contribution in [2.45, 2.75) is 38.7 Å². The zero-order valence-corrected chi connectivity index (χ0v) is 14.8. The molecule has 1 atom stereocenters. The Morgan fingerprint density at radius 3 is 2.72 bits per heavy atom. The van der Waals surface area contributed by atoms with Crippen molar-refractivity contribution in [2.75, 3.05) is 18.5 Å². The standard InChI is InChI=1S/C21H25NO3/c1-15(2)16-8-10-17(11-9-16)21(23)22-18-5-3-6-19(13-18)25-14-20-7-4-12-24-20/h3,5-6,8-11,13,15,20H,4,7,12,14H2,1-2H3,(H,22,23). The number of anilines is 1. The summed E-state index contributed by atoms with van der Waals surface area (Å²) in [7, 11) is 0. The van der Waals surface area contributed by atoms with Gasteiger partial charge in [-0.25, -0.2) is 0 Å². The Morgan fingerprint density at radius 2 is 2.04 bits per heavy atom. The second-order valence-electron chi connectivity index (χ2n) is 6.70. The van der Waals surface area contributed by atoms with Gasteiger partial charge >= 0.3 is 0 Å². The second kappa shape index (κ2) is 8.17. The van der Waals surface area contributed by atoms with Gasteiger partial charge in [0.15, 0.2) is 0 Å². The molecule has 1 N–H and O–H groups in total. The first-order valence-corrected chi connectivity index (χ1v) is 8.87. The fourth-order valence-electron chi connectivity index (χ4n) is 2.85. The third kappa shape index (κ3) is 4.83. The van der Waals surface area contributed by atoms with Crippen LogP contribution in [0.4, 0.5) is 5.69 Å². The first-order chi connectivity index (χ1) is 12.1. The summed E-state index contributed by atoms with van der Waals surface area (Å²) in [4.78, 5) is 12.4. The number of nitrogens with one attached hydrogen (secondary N) is 1. The molecule has 0 aromatic heterocycles. The molecule has 1 fully saturated rings. The summed E-state index contributed by atoms with van der Waals surface area (Å²) in [5.41, 5.74) is 2.60. The van der Waals surface area contributed by atoms with Gasteiger partial charge in [0, 0.05) is 23.9 Å². The van der Waals surface area contributed by atoms with Crippen LogP contribution in [0.5, 0.6) is 5.75 Å². The first kappa shape index (κ1) is 17.5. The Kier molecular flexibility index (Phi) is 5.71. The summed E-state index contributed by atoms with van der Waals surface area (Å²) in [6.45, 7) is 5.64. The minimum Gasteiger partial charge on any atom is -0.491 e. The molecule has 1 amide bonds. The van der Waals surface area contributed by atoms with Crippen molar-refractivity contribution in [1.29, 1.82) is 0 Å². The normalized spacial score (nSPS) is 16.8. The van der Waals surface area contributed by atoms with Gasteiger partial charge in [0.05, 0.1) is 6.10 Å². The molecule has 0 aliphatic carbocycles. The Hall–Kier alpha value is -2.33. The van der Waals surface area contributed by atoms with Gasteiger partial charge in [-0.15, -0.1) is 0 Å². The summed E-state index contributed by atoms with van der Waals surface area (Å²) in [5, 5.41) is 2.93. The fourth-order valence-corrected chi connectivity index (χ4v) is 2.85. The molecule has 2 aromatic rings. The van der Waals surface area contributed by atoms with E-state index in [0.29, 0.717) is 18.1 Å². The quantitative estimate of drug-likeness (QED) is 0.835. The van der Waals surface area contributed by atoms with Gasteiger partial charge in [-0.1, -0.05) is 32.0 Å². The summed E-state index contributed by atoms with van der Waals surface area (Å²) in [6.07, 6.45) is 2.32. The van der Waals surface area contributed by atoms with E-state index in [9.17, 15) is 4.79 Å². The molecular formula is C21H25NO3. The summed E-state index contributed by atoms with van der Waals surface area (Å²) < 4.78 is 11.3. The van der Waals surface area contributed by atoms with Crippen LogP contribution in [-0.4, -0.2) is 25.2 Å². The highest BCUT2D eigenvalue weighted by Crippen LogP contribution is 2.21. The van der Waals surface area contributed by atoms with E-state index in [1.54, 1.807) is 0 Å². The topological polar surface area (TPSA) is 47.6 Å². The predicted octanol–water partition coefficient (Wildman–Crippen LogP) is 4.62. The largest absolute Gasteiger partial charge is 0.491 e. The molecular weight excluding hydrogens is 314 g/mol. The number of rotatable bonds is 6. The maximum atomic E-state index is 12.4. The lowest BCUT2D eigenvalue weighted by Gasteiger charge is -2.13. The van der Waals surface area contributed by atoms with Crippen LogP contribution in [0.25, 0.3) is 0 Å². The van der Waals surface area contributed by atoms with E-state index in [1.165, 1.54) is 5.56 Å². The lowest BCUT2D eigenvalue weighted by atomic mass is 10.0. The van der Waals surface area contributed by atoms with Gasteiger partial charge in [-0.2, -0.15) is 0 Å². The zero-order chi connectivity index (χ0) is 17.6. The van der Waals surface area contributed by atoms with Gasteiger partial charge in [0.25, 0.3) is 5.91 Å². The Bertz CT molecular complexity index is 703. The van der Waals surface area contributed by atoms with Crippen LogP contribution in [0.3, 0.4) is 0 Å². The van der Waals surface area contributed by atoms with E-state index >= 15 is 0 Å². The van der Waals surface area contributed by atoms with Crippen molar-refractivity contribution in [1.82, 2.24) is 0 Å². The SMILES string of the molecule is CC(C)c1ccc(C(=O)Nc2cccc(OCC3CCCO3)c2)cc1. The molecule has 4 heteroatoms. The molecule has 3 rings (SSSR count). The highest BCUT2D eigenvalue weighted by molar-refractivity contribution is 6.04. The molecule has 1 aliphatic heterocycles. The molecule has 25 heavy (non-hydrogen) atoms. The summed E-state index contributed by atoms with van der Waals surface area (Å²) in [5.74, 6) is 1.07. The molecule has 1 saturated heterocycles. The molecule has 4 nitrogen and oxygen atoms in total. The van der Waals surface area contributed by atoms with Crippen LogP contribution in [0.2, 0.25) is 0 Å². The molecule has 2 aromatic carbocycles. The summed E-state index contributed by atoms with van der Waals surface area (Å²) in [6, 6.07) is 15.2. The minimum atomic E-state index is -0.119. The third-order valence-corrected chi connectivity index (χ3v) is 4.39. The van der Waals surface area contributed by atoms with Crippen LogP contribution >= 0.6 is 0 Å². The Labute approximate surface area is 149 Å². The van der Waals surface area contributed by atoms with Crippen molar-refractivity contribution < 1.29 is 14.3 Å². The van der Waals surface area contributed by atoms with Crippen LogP contribution in [0.1, 0.15) is 48.5 Å². The molecule has 0 saturated carbocycles. The second-order valence-corrected chi connectivity index (χ2v) is 6.70. The monoisotopic (exact) mass is 339 g/mol. The predicted molar refractivity (Wildman–Crippen MR) is 99.4 cm³/mol. The van der Waals surface area contributed by atoms with Crippen molar-refractivity contribution in [2.24, 2.45) is 0 Å². The molecule has 132 valence electrons. The van der Waals surface area contributed by atoms with Gasteiger partial charge in [-0.3, -0.25) is 4.79 Å². The van der Waals surface area contributed by atoms with E-state index in [1.807, 2.05) is 48.5 Å². The van der Waals surface area contributed by atoms with E-state index in [-0.39, 0.29) is 12.0 Å². The van der Waals surface area contributed by atoms with Crippen molar-refractivity contribution >= 4 is 11.6 Å². The van der Waals surface area contributed by atoms with Gasteiger partial charge < -0.3 is 14.8 Å². The molecule has 0 spiro atoms. The van der Waals surface area contributed by atoms with Crippen LogP contribution in [0.15, 0.2) is 48.5 Å². The zero-order valence-electron chi connectivity index (χ0n) is 14.8. The average molecular weight is 339 g/mol. The Morgan fingerprint density at radius 1 is 1.24 bits per heavy atom. The summed E-state index contributed by atoms with van der Waals surface area (Å²) >= 11 is 0. The lowest BCUT2D eigenvalue weighted by Crippen LogP contribution is -2.16. The molecule has 1 unspecified atom stereocenters. The number of amides is 1. The van der Waals surface area contributed by atoms with Crippen LogP contribution < -0.4 is 10.1 Å². The minimum absolute atomic E-state index is 0.119. The number of carbonyl (C=O) groups is 1. The molecule has 0 bridgehead atoms. The van der Waals surface area contributed by atoms with Crippen molar-refractivity contribution in [3.05, 3.63) is 59.7 Å². The number of hydrogen-bond acceptors (Lipinski definition) is 3. The van der Waals surface area contributed by atoms with Gasteiger partial charge in [-0.05, 0) is 48.6 Å². The smallest absolute Gasteiger partial charge is 0.255 e. The molecule has 1 heterocycles. The van der Waals surface area contributed by atoms with E-state index < -0.39 is 0 Å². The first-order valence-electron chi connectivity index (χ1n) is 8.87. The van der Waals surface area contributed by atoms with E-state index in [4.69, 9.17) is 9.47 Å². The maximum absolute atomic E-state index is 12.4. The van der Waals surface area contributed by atoms with Crippen molar-refractivity contribution in [3.8, 4) is 5.75 Å². The lowest BCUT2D eigenvalue weighted by molar-refractivity contribution is 0.0680. The number of hydrogen-bond donors (Lipinski definition) is 1. The molecule has 1 aliphatic rings. The number of benzene rings is 2. The maximum Gasteiger partial charge on any atom is 0.255 e. The van der Waals surface area contributed by atoms with E-state index in [2.05, 4.69) is 19.2 Å². The molecule has 0 radical (unpaired) electrons. The fraction of sp³-hybridized carbons (Fsp3) is 0.381. The number of carbonyl (C=O) groups excluding carboxylic acids is 1.